The van der Waals surface area contributed by atoms with E-state index >= 15 is 0 Å². The van der Waals surface area contributed by atoms with E-state index in [0.29, 0.717) is 0 Å². The summed E-state index contributed by atoms with van der Waals surface area (Å²) in [4.78, 5) is 0. The van der Waals surface area contributed by atoms with E-state index in [2.05, 4.69) is 39.0 Å². The van der Waals surface area contributed by atoms with Crippen molar-refractivity contribution in [1.82, 2.24) is 0 Å². The summed E-state index contributed by atoms with van der Waals surface area (Å²) < 4.78 is 0. The molecule has 0 aromatic heterocycles. The first-order valence-electron chi connectivity index (χ1n) is 9.47. The molecule has 0 bridgehead atoms. The minimum Gasteiger partial charge on any atom is -0.103 e. The van der Waals surface area contributed by atoms with Crippen molar-refractivity contribution in [2.45, 2.75) is 64.2 Å². The predicted molar refractivity (Wildman–Crippen MR) is 110 cm³/mol. The van der Waals surface area contributed by atoms with Crippen LogP contribution < -0.4 is 0 Å². The summed E-state index contributed by atoms with van der Waals surface area (Å²) >= 11 is 0. The molecule has 1 aliphatic carbocycles. The van der Waals surface area contributed by atoms with Crippen molar-refractivity contribution in [3.8, 4) is 0 Å². The van der Waals surface area contributed by atoms with Crippen LogP contribution in [0.3, 0.4) is 0 Å². The topological polar surface area (TPSA) is 0 Å². The standard InChI is InChI=1S/C24H36/c1-6-11-13-15-17-22(18-16-14-12-7-2)21-24(19-20-24)23(8-3,9-4)10-5/h6-10,21H,1-5,11-20H2. The highest BCUT2D eigenvalue weighted by Gasteiger charge is 2.53. The largest absolute Gasteiger partial charge is 0.103 e. The van der Waals surface area contributed by atoms with Crippen LogP contribution in [-0.2, 0) is 0 Å². The highest BCUT2D eigenvalue weighted by atomic mass is 14.6. The maximum atomic E-state index is 4.07. The Bertz CT molecular complexity index is 430. The fourth-order valence-corrected chi connectivity index (χ4v) is 3.64. The smallest absolute Gasteiger partial charge is 0.0325 e. The van der Waals surface area contributed by atoms with E-state index in [1.54, 1.807) is 5.57 Å². The highest BCUT2D eigenvalue weighted by molar-refractivity contribution is 5.34. The van der Waals surface area contributed by atoms with Gasteiger partial charge in [0.25, 0.3) is 0 Å². The van der Waals surface area contributed by atoms with Gasteiger partial charge in [0.15, 0.2) is 0 Å². The molecule has 0 aliphatic heterocycles. The van der Waals surface area contributed by atoms with Crippen molar-refractivity contribution in [3.05, 3.63) is 74.9 Å². The third-order valence-corrected chi connectivity index (χ3v) is 5.46. The van der Waals surface area contributed by atoms with E-state index in [-0.39, 0.29) is 10.8 Å². The molecule has 0 nitrogen and oxygen atoms in total. The summed E-state index contributed by atoms with van der Waals surface area (Å²) in [5.41, 5.74) is 1.61. The molecule has 24 heavy (non-hydrogen) atoms. The van der Waals surface area contributed by atoms with Crippen LogP contribution in [0.15, 0.2) is 74.9 Å². The summed E-state index contributed by atoms with van der Waals surface area (Å²) in [5, 5.41) is 0. The fourth-order valence-electron chi connectivity index (χ4n) is 3.64. The predicted octanol–water partition coefficient (Wildman–Crippen LogP) is 7.73. The molecule has 0 saturated heterocycles. The Hall–Kier alpha value is -1.56. The Morgan fingerprint density at radius 2 is 1.21 bits per heavy atom. The monoisotopic (exact) mass is 324 g/mol. The molecule has 0 amide bonds. The average Bonchev–Trinajstić information content (AvgIpc) is 3.38. The van der Waals surface area contributed by atoms with Crippen molar-refractivity contribution in [2.75, 3.05) is 0 Å². The number of hydrogen-bond acceptors (Lipinski definition) is 0. The van der Waals surface area contributed by atoms with Gasteiger partial charge in [0, 0.05) is 10.8 Å². The Labute approximate surface area is 150 Å². The lowest BCUT2D eigenvalue weighted by Crippen LogP contribution is -2.24. The fraction of sp³-hybridized carbons (Fsp3) is 0.500. The van der Waals surface area contributed by atoms with Crippen molar-refractivity contribution < 1.29 is 0 Å². The second kappa shape index (κ2) is 10.3. The molecule has 0 aromatic carbocycles. The number of rotatable bonds is 15. The molecule has 1 rings (SSSR count). The van der Waals surface area contributed by atoms with Gasteiger partial charge in [-0.1, -0.05) is 42.0 Å². The molecule has 0 N–H and O–H groups in total. The van der Waals surface area contributed by atoms with Gasteiger partial charge in [0.05, 0.1) is 0 Å². The molecule has 0 heterocycles. The van der Waals surface area contributed by atoms with Crippen LogP contribution in [0, 0.1) is 10.8 Å². The molecule has 0 radical (unpaired) electrons. The van der Waals surface area contributed by atoms with Crippen molar-refractivity contribution in [1.29, 1.82) is 0 Å². The lowest BCUT2D eigenvalue weighted by Gasteiger charge is -2.32. The molecule has 1 saturated carbocycles. The Morgan fingerprint density at radius 1 is 0.750 bits per heavy atom. The van der Waals surface area contributed by atoms with Crippen molar-refractivity contribution in [3.63, 3.8) is 0 Å². The number of unbranched alkanes of at least 4 members (excludes halogenated alkanes) is 4. The normalized spacial score (nSPS) is 15.2. The summed E-state index contributed by atoms with van der Waals surface area (Å²) in [7, 11) is 0. The lowest BCUT2D eigenvalue weighted by atomic mass is 9.71. The van der Waals surface area contributed by atoms with E-state index in [1.165, 1.54) is 51.4 Å². The van der Waals surface area contributed by atoms with Gasteiger partial charge in [-0.2, -0.15) is 0 Å². The molecule has 1 fully saturated rings. The minimum absolute atomic E-state index is 0.166. The maximum absolute atomic E-state index is 4.07. The molecular formula is C24H36. The van der Waals surface area contributed by atoms with Crippen LogP contribution in [0.4, 0.5) is 0 Å². The van der Waals surface area contributed by atoms with Gasteiger partial charge >= 0.3 is 0 Å². The van der Waals surface area contributed by atoms with Crippen LogP contribution in [0.25, 0.3) is 0 Å². The van der Waals surface area contributed by atoms with E-state index in [9.17, 15) is 0 Å². The van der Waals surface area contributed by atoms with Crippen molar-refractivity contribution >= 4 is 0 Å². The Kier molecular flexibility index (Phi) is 8.82. The molecule has 0 atom stereocenters. The van der Waals surface area contributed by atoms with E-state index in [4.69, 9.17) is 0 Å². The summed E-state index contributed by atoms with van der Waals surface area (Å²) in [6, 6.07) is 0. The van der Waals surface area contributed by atoms with Crippen LogP contribution in [0.5, 0.6) is 0 Å². The third kappa shape index (κ3) is 5.23. The van der Waals surface area contributed by atoms with Crippen LogP contribution in [0.1, 0.15) is 64.2 Å². The zero-order valence-corrected chi connectivity index (χ0v) is 15.6. The van der Waals surface area contributed by atoms with E-state index in [1.807, 2.05) is 30.4 Å². The molecule has 132 valence electrons. The lowest BCUT2D eigenvalue weighted by molar-refractivity contribution is 0.420. The van der Waals surface area contributed by atoms with Gasteiger partial charge < -0.3 is 0 Å². The average molecular weight is 325 g/mol. The van der Waals surface area contributed by atoms with E-state index < -0.39 is 0 Å². The molecule has 0 unspecified atom stereocenters. The van der Waals surface area contributed by atoms with Gasteiger partial charge in [-0.15, -0.1) is 32.9 Å². The van der Waals surface area contributed by atoms with Crippen LogP contribution in [-0.4, -0.2) is 0 Å². The molecule has 1 aliphatic rings. The number of allylic oxidation sites excluding steroid dienone is 7. The Morgan fingerprint density at radius 3 is 1.54 bits per heavy atom. The first-order valence-corrected chi connectivity index (χ1v) is 9.47. The SMILES string of the molecule is C=CCCCCC(=CC1(C(C=C)(C=C)C=C)CC1)CCCCC=C. The molecule has 0 aromatic rings. The highest BCUT2D eigenvalue weighted by Crippen LogP contribution is 2.62. The second-order valence-electron chi connectivity index (χ2n) is 7.07. The van der Waals surface area contributed by atoms with Crippen molar-refractivity contribution in [2.24, 2.45) is 10.8 Å². The van der Waals surface area contributed by atoms with E-state index in [0.717, 1.165) is 12.8 Å². The zero-order valence-electron chi connectivity index (χ0n) is 15.6. The quantitative estimate of drug-likeness (QED) is 0.213. The molecule has 0 spiro atoms. The van der Waals surface area contributed by atoms with Gasteiger partial charge in [-0.25, -0.2) is 0 Å². The zero-order chi connectivity index (χ0) is 17.9. The second-order valence-corrected chi connectivity index (χ2v) is 7.07. The van der Waals surface area contributed by atoms with Gasteiger partial charge in [0.2, 0.25) is 0 Å². The van der Waals surface area contributed by atoms with Gasteiger partial charge in [0.1, 0.15) is 0 Å². The minimum atomic E-state index is -0.166. The first kappa shape index (κ1) is 20.5. The van der Waals surface area contributed by atoms with Gasteiger partial charge in [-0.05, 0) is 64.2 Å². The Balaban J connectivity index is 2.85. The summed E-state index contributed by atoms with van der Waals surface area (Å²) in [6.45, 7) is 19.9. The maximum Gasteiger partial charge on any atom is 0.0325 e. The summed E-state index contributed by atoms with van der Waals surface area (Å²) in [5.74, 6) is 0. The van der Waals surface area contributed by atoms with Gasteiger partial charge in [-0.3, -0.25) is 0 Å². The molecular weight excluding hydrogens is 288 g/mol. The third-order valence-electron chi connectivity index (χ3n) is 5.46. The number of hydrogen-bond donors (Lipinski definition) is 0. The van der Waals surface area contributed by atoms with Crippen LogP contribution in [0.2, 0.25) is 0 Å². The summed E-state index contributed by atoms with van der Waals surface area (Å²) in [6.07, 6.45) is 24.7. The first-order chi connectivity index (χ1) is 11.6. The molecule has 0 heteroatoms. The van der Waals surface area contributed by atoms with Crippen LogP contribution >= 0.6 is 0 Å².